The van der Waals surface area contributed by atoms with Crippen molar-refractivity contribution in [3.8, 4) is 11.5 Å². The second-order valence-electron chi connectivity index (χ2n) is 7.92. The van der Waals surface area contributed by atoms with Gasteiger partial charge in [-0.2, -0.15) is 0 Å². The number of fused-ring (bicyclic) bond motifs is 1. The van der Waals surface area contributed by atoms with Gasteiger partial charge in [0.15, 0.2) is 22.9 Å². The Morgan fingerprint density at radius 1 is 0.857 bits per heavy atom. The first kappa shape index (κ1) is 22.2. The molecule has 0 fully saturated rings. The highest BCUT2D eigenvalue weighted by molar-refractivity contribution is 6.31. The van der Waals surface area contributed by atoms with E-state index in [1.165, 1.54) is 0 Å². The number of methoxy groups -OCH3 is 1. The summed E-state index contributed by atoms with van der Waals surface area (Å²) in [5.74, 6) is 1.27. The second-order valence-corrected chi connectivity index (χ2v) is 7.92. The van der Waals surface area contributed by atoms with Crippen LogP contribution in [0.4, 0.5) is 0 Å². The quantitative estimate of drug-likeness (QED) is 0.187. The van der Waals surface area contributed by atoms with Crippen molar-refractivity contribution < 1.29 is 18.7 Å². The number of para-hydroxylation sites is 2. The van der Waals surface area contributed by atoms with Gasteiger partial charge in [-0.3, -0.25) is 4.79 Å². The monoisotopic (exact) mass is 461 g/mol. The second kappa shape index (κ2) is 10.1. The van der Waals surface area contributed by atoms with E-state index in [2.05, 4.69) is 4.98 Å². The average molecular weight is 462 g/mol. The van der Waals surface area contributed by atoms with E-state index in [4.69, 9.17) is 13.9 Å². The molecule has 0 aliphatic rings. The number of ether oxygens (including phenoxy) is 2. The fourth-order valence-electron chi connectivity index (χ4n) is 3.75. The highest BCUT2D eigenvalue weighted by Crippen LogP contribution is 2.32. The Balaban J connectivity index is 1.51. The Labute approximate surface area is 203 Å². The molecular formula is C30H23NO4. The fourth-order valence-corrected chi connectivity index (χ4v) is 3.75. The summed E-state index contributed by atoms with van der Waals surface area (Å²) in [6.45, 7) is 0.424. The minimum absolute atomic E-state index is 0.180. The van der Waals surface area contributed by atoms with Crippen molar-refractivity contribution in [3.63, 3.8) is 0 Å². The molecular weight excluding hydrogens is 438 g/mol. The van der Waals surface area contributed by atoms with Crippen molar-refractivity contribution in [2.24, 2.45) is 0 Å². The van der Waals surface area contributed by atoms with Crippen LogP contribution in [0.15, 0.2) is 108 Å². The molecule has 0 radical (unpaired) electrons. The lowest BCUT2D eigenvalue weighted by molar-refractivity contribution is 0.105. The zero-order valence-electron chi connectivity index (χ0n) is 19.2. The van der Waals surface area contributed by atoms with E-state index >= 15 is 0 Å². The van der Waals surface area contributed by atoms with Gasteiger partial charge in [-0.25, -0.2) is 4.98 Å². The number of carbonyl (C=O) groups is 1. The van der Waals surface area contributed by atoms with Crippen molar-refractivity contribution in [1.82, 2.24) is 4.98 Å². The fraction of sp³-hybridized carbons (Fsp3) is 0.0667. The number of carbonyl (C=O) groups excluding carboxylic acids is 1. The Morgan fingerprint density at radius 2 is 1.57 bits per heavy atom. The van der Waals surface area contributed by atoms with Crippen LogP contribution in [0.1, 0.15) is 27.4 Å². The van der Waals surface area contributed by atoms with Gasteiger partial charge in [0.1, 0.15) is 12.1 Å². The Morgan fingerprint density at radius 3 is 2.31 bits per heavy atom. The number of aromatic nitrogens is 1. The van der Waals surface area contributed by atoms with Gasteiger partial charge in [-0.1, -0.05) is 78.9 Å². The summed E-state index contributed by atoms with van der Waals surface area (Å²) in [5.41, 5.74) is 4.04. The summed E-state index contributed by atoms with van der Waals surface area (Å²) < 4.78 is 17.5. The summed E-state index contributed by atoms with van der Waals surface area (Å²) in [5, 5.41) is 0. The third kappa shape index (κ3) is 4.99. The van der Waals surface area contributed by atoms with Crippen LogP contribution in [0, 0.1) is 0 Å². The van der Waals surface area contributed by atoms with Crippen LogP contribution in [-0.4, -0.2) is 17.9 Å². The molecule has 0 atom stereocenters. The Bertz CT molecular complexity index is 1450. The van der Waals surface area contributed by atoms with E-state index in [-0.39, 0.29) is 11.7 Å². The lowest BCUT2D eigenvalue weighted by atomic mass is 10.0. The largest absolute Gasteiger partial charge is 0.493 e. The summed E-state index contributed by atoms with van der Waals surface area (Å²) >= 11 is 0. The zero-order valence-corrected chi connectivity index (χ0v) is 19.2. The van der Waals surface area contributed by atoms with Gasteiger partial charge in [-0.15, -0.1) is 0 Å². The van der Waals surface area contributed by atoms with Crippen LogP contribution in [0.3, 0.4) is 0 Å². The van der Waals surface area contributed by atoms with Gasteiger partial charge in [0, 0.05) is 5.56 Å². The first-order valence-electron chi connectivity index (χ1n) is 11.2. The van der Waals surface area contributed by atoms with Gasteiger partial charge in [0.05, 0.1) is 12.7 Å². The van der Waals surface area contributed by atoms with Crippen molar-refractivity contribution in [3.05, 3.63) is 126 Å². The number of benzene rings is 4. The Hall–Kier alpha value is -4.64. The van der Waals surface area contributed by atoms with Gasteiger partial charge in [0.25, 0.3) is 0 Å². The maximum absolute atomic E-state index is 13.5. The first-order chi connectivity index (χ1) is 17.2. The van der Waals surface area contributed by atoms with E-state index in [1.54, 1.807) is 25.3 Å². The van der Waals surface area contributed by atoms with Crippen LogP contribution in [0.25, 0.3) is 22.7 Å². The molecule has 0 bridgehead atoms. The third-order valence-electron chi connectivity index (χ3n) is 5.54. The van der Waals surface area contributed by atoms with Crippen LogP contribution >= 0.6 is 0 Å². The standard InChI is InChI=1S/C30H23NO4/c1-33-28-19-22(16-17-27(28)34-20-21-10-4-2-5-11-21)18-24(29(32)23-12-6-3-7-13-23)30-31-25-14-8-9-15-26(25)35-30/h2-19H,20H2,1H3. The van der Waals surface area contributed by atoms with Crippen LogP contribution < -0.4 is 9.47 Å². The normalized spacial score (nSPS) is 11.4. The molecule has 0 saturated carbocycles. The predicted octanol–water partition coefficient (Wildman–Crippen LogP) is 6.84. The van der Waals surface area contributed by atoms with E-state index in [0.717, 1.165) is 11.1 Å². The minimum Gasteiger partial charge on any atom is -0.493 e. The highest BCUT2D eigenvalue weighted by atomic mass is 16.5. The zero-order chi connectivity index (χ0) is 24.0. The van der Waals surface area contributed by atoms with E-state index in [1.807, 2.05) is 91.0 Å². The molecule has 4 aromatic carbocycles. The van der Waals surface area contributed by atoms with Crippen LogP contribution in [0.5, 0.6) is 11.5 Å². The molecule has 1 aromatic heterocycles. The molecule has 0 saturated heterocycles. The molecule has 5 heteroatoms. The molecule has 35 heavy (non-hydrogen) atoms. The number of rotatable bonds is 8. The van der Waals surface area contributed by atoms with Crippen LogP contribution in [-0.2, 0) is 6.61 Å². The highest BCUT2D eigenvalue weighted by Gasteiger charge is 2.20. The molecule has 5 nitrogen and oxygen atoms in total. The van der Waals surface area contributed by atoms with E-state index in [0.29, 0.717) is 40.3 Å². The number of Topliss-reactive ketones (excluding diaryl/α,β-unsaturated/α-hetero) is 1. The van der Waals surface area contributed by atoms with Crippen molar-refractivity contribution in [2.45, 2.75) is 6.61 Å². The molecule has 1 heterocycles. The number of allylic oxidation sites excluding steroid dienone is 1. The van der Waals surface area contributed by atoms with E-state index in [9.17, 15) is 4.79 Å². The maximum atomic E-state index is 13.5. The average Bonchev–Trinajstić information content (AvgIpc) is 3.35. The number of hydrogen-bond donors (Lipinski definition) is 0. The lowest BCUT2D eigenvalue weighted by Crippen LogP contribution is -2.03. The van der Waals surface area contributed by atoms with Gasteiger partial charge >= 0.3 is 0 Å². The smallest absolute Gasteiger partial charge is 0.231 e. The molecule has 5 aromatic rings. The first-order valence-corrected chi connectivity index (χ1v) is 11.2. The van der Waals surface area contributed by atoms with Gasteiger partial charge in [0.2, 0.25) is 5.89 Å². The molecule has 0 unspecified atom stereocenters. The van der Waals surface area contributed by atoms with Gasteiger partial charge in [-0.05, 0) is 41.5 Å². The molecule has 0 aliphatic heterocycles. The maximum Gasteiger partial charge on any atom is 0.231 e. The summed E-state index contributed by atoms with van der Waals surface area (Å²) in [4.78, 5) is 18.1. The summed E-state index contributed by atoms with van der Waals surface area (Å²) in [7, 11) is 1.59. The third-order valence-corrected chi connectivity index (χ3v) is 5.54. The topological polar surface area (TPSA) is 61.6 Å². The van der Waals surface area contributed by atoms with Crippen molar-refractivity contribution >= 4 is 28.5 Å². The molecule has 0 N–H and O–H groups in total. The Kier molecular flexibility index (Phi) is 6.39. The minimum atomic E-state index is -0.180. The molecule has 0 spiro atoms. The molecule has 0 aliphatic carbocycles. The summed E-state index contributed by atoms with van der Waals surface area (Å²) in [6, 6.07) is 32.0. The molecule has 5 rings (SSSR count). The van der Waals surface area contributed by atoms with E-state index < -0.39 is 0 Å². The number of hydrogen-bond acceptors (Lipinski definition) is 5. The molecule has 0 amide bonds. The van der Waals surface area contributed by atoms with Crippen molar-refractivity contribution in [1.29, 1.82) is 0 Å². The number of oxazole rings is 1. The molecule has 172 valence electrons. The van der Waals surface area contributed by atoms with Gasteiger partial charge < -0.3 is 13.9 Å². The van der Waals surface area contributed by atoms with Crippen LogP contribution in [0.2, 0.25) is 0 Å². The van der Waals surface area contributed by atoms with Crippen molar-refractivity contribution in [2.75, 3.05) is 7.11 Å². The SMILES string of the molecule is COc1cc(C=C(C(=O)c2ccccc2)c2nc3ccccc3o2)ccc1OCc1ccccc1. The lowest BCUT2D eigenvalue weighted by Gasteiger charge is -2.12. The number of ketones is 1. The summed E-state index contributed by atoms with van der Waals surface area (Å²) in [6.07, 6.45) is 1.77. The number of nitrogens with zero attached hydrogens (tertiary/aromatic N) is 1. The predicted molar refractivity (Wildman–Crippen MR) is 136 cm³/mol.